The smallest absolute Gasteiger partial charge is 0.119 e. The molecule has 0 radical (unpaired) electrons. The van der Waals surface area contributed by atoms with Crippen molar-refractivity contribution in [1.29, 1.82) is 0 Å². The van der Waals surface area contributed by atoms with Gasteiger partial charge in [-0.2, -0.15) is 0 Å². The molecule has 6 N–H and O–H groups in total. The first-order valence-electron chi connectivity index (χ1n) is 23.5. The molecule has 0 heterocycles. The molecule has 0 aliphatic heterocycles. The van der Waals surface area contributed by atoms with Gasteiger partial charge in [0.05, 0.1) is 12.2 Å². The van der Waals surface area contributed by atoms with Crippen LogP contribution in [0.15, 0.2) is 25.3 Å². The highest BCUT2D eigenvalue weighted by Gasteiger charge is 2.53. The summed E-state index contributed by atoms with van der Waals surface area (Å²) in [5, 5.41) is 68.4. The fourth-order valence-corrected chi connectivity index (χ4v) is 8.21. The number of rotatable bonds is 43. The summed E-state index contributed by atoms with van der Waals surface area (Å²) in [6.45, 7) is 11.9. The molecule has 0 aliphatic carbocycles. The summed E-state index contributed by atoms with van der Waals surface area (Å²) in [6.07, 6.45) is 35.7. The Kier molecular flexibility index (Phi) is 36.1. The van der Waals surface area contributed by atoms with E-state index in [9.17, 15) is 30.6 Å². The SMILES string of the molecule is C=CCC(O)[C@](O)(CCCCCCCCCCCCCCCCCC)[C@@H](O)[C@H](O)[C@@](O)(CCCCCCCCCCCCCCCCCC)C(O)CC=C. The Morgan fingerprint density at radius 2 is 0.537 bits per heavy atom. The Morgan fingerprint density at radius 3 is 0.722 bits per heavy atom. The average Bonchev–Trinajstić information content (AvgIpc) is 3.16. The molecule has 0 bridgehead atoms. The lowest BCUT2D eigenvalue weighted by Crippen LogP contribution is -2.65. The van der Waals surface area contributed by atoms with E-state index in [1.165, 1.54) is 166 Å². The van der Waals surface area contributed by atoms with Gasteiger partial charge in [0.2, 0.25) is 0 Å². The first-order chi connectivity index (χ1) is 26.1. The molecular weight excluding hydrogens is 673 g/mol. The number of aliphatic hydroxyl groups is 6. The van der Waals surface area contributed by atoms with Gasteiger partial charge in [0, 0.05) is 0 Å². The van der Waals surface area contributed by atoms with Gasteiger partial charge in [0.15, 0.2) is 0 Å². The predicted molar refractivity (Wildman–Crippen MR) is 232 cm³/mol. The molecule has 0 rings (SSSR count). The molecule has 6 nitrogen and oxygen atoms in total. The summed E-state index contributed by atoms with van der Waals surface area (Å²) in [5.74, 6) is 0. The Balaban J connectivity index is 4.67. The highest BCUT2D eigenvalue weighted by atomic mass is 16.4. The number of unbranched alkanes of at least 4 members (excludes halogenated alkanes) is 30. The third-order valence-corrected chi connectivity index (χ3v) is 12.1. The van der Waals surface area contributed by atoms with Gasteiger partial charge in [-0.25, -0.2) is 0 Å². The van der Waals surface area contributed by atoms with E-state index < -0.39 is 35.6 Å². The topological polar surface area (TPSA) is 121 Å². The van der Waals surface area contributed by atoms with E-state index in [-0.39, 0.29) is 25.7 Å². The zero-order valence-corrected chi connectivity index (χ0v) is 36.0. The standard InChI is InChI=1S/C48H94O6/c1-5-9-11-13-15-17-19-21-23-25-27-29-31-33-35-37-41-47(53,43(49)39-7-3)45(51)46(52)48(54,44(50)40-8-4)42-38-36-34-32-30-28-26-24-22-20-18-16-14-12-10-6-2/h7-8,43-46,49-54H,3-6,9-42H2,1-2H3/t43?,44?,45-,46-,47+,48+/m0/s1. The Morgan fingerprint density at radius 1 is 0.352 bits per heavy atom. The molecular formula is C48H94O6. The van der Waals surface area contributed by atoms with Crippen molar-refractivity contribution in [3.63, 3.8) is 0 Å². The second kappa shape index (κ2) is 36.6. The van der Waals surface area contributed by atoms with Crippen LogP contribution in [-0.2, 0) is 0 Å². The molecule has 0 aromatic rings. The van der Waals surface area contributed by atoms with Crippen LogP contribution in [0, 0.1) is 0 Å². The van der Waals surface area contributed by atoms with E-state index in [4.69, 9.17) is 0 Å². The summed E-state index contributed by atoms with van der Waals surface area (Å²) in [5.41, 5.74) is -4.11. The van der Waals surface area contributed by atoms with Crippen molar-refractivity contribution in [2.45, 2.75) is 281 Å². The van der Waals surface area contributed by atoms with Crippen LogP contribution < -0.4 is 0 Å². The van der Waals surface area contributed by atoms with Crippen molar-refractivity contribution >= 4 is 0 Å². The Labute approximate surface area is 335 Å². The molecule has 0 saturated carbocycles. The van der Waals surface area contributed by atoms with Gasteiger partial charge >= 0.3 is 0 Å². The zero-order valence-electron chi connectivity index (χ0n) is 36.0. The number of hydrogen-bond acceptors (Lipinski definition) is 6. The summed E-state index contributed by atoms with van der Waals surface area (Å²) in [7, 11) is 0. The highest BCUT2D eigenvalue weighted by molar-refractivity contribution is 5.06. The van der Waals surface area contributed by atoms with E-state index in [2.05, 4.69) is 27.0 Å². The van der Waals surface area contributed by atoms with Crippen molar-refractivity contribution in [3.8, 4) is 0 Å². The van der Waals surface area contributed by atoms with Crippen LogP contribution in [0.5, 0.6) is 0 Å². The molecule has 0 spiro atoms. The van der Waals surface area contributed by atoms with Gasteiger partial charge in [-0.05, 0) is 25.7 Å². The van der Waals surface area contributed by atoms with E-state index in [1.807, 2.05) is 0 Å². The molecule has 0 aromatic carbocycles. The number of hydrogen-bond donors (Lipinski definition) is 6. The van der Waals surface area contributed by atoms with E-state index in [0.717, 1.165) is 38.5 Å². The summed E-state index contributed by atoms with van der Waals surface area (Å²) >= 11 is 0. The van der Waals surface area contributed by atoms with Crippen LogP contribution in [0.1, 0.15) is 245 Å². The lowest BCUT2D eigenvalue weighted by Gasteiger charge is -2.45. The van der Waals surface area contributed by atoms with Crippen LogP contribution in [0.4, 0.5) is 0 Å². The van der Waals surface area contributed by atoms with Gasteiger partial charge < -0.3 is 30.6 Å². The highest BCUT2D eigenvalue weighted by Crippen LogP contribution is 2.35. The summed E-state index contributed by atoms with van der Waals surface area (Å²) in [4.78, 5) is 0. The van der Waals surface area contributed by atoms with Crippen LogP contribution in [0.3, 0.4) is 0 Å². The van der Waals surface area contributed by atoms with E-state index in [0.29, 0.717) is 12.8 Å². The van der Waals surface area contributed by atoms with Crippen LogP contribution >= 0.6 is 0 Å². The molecule has 322 valence electrons. The Hall–Kier alpha value is -0.760. The molecule has 2 unspecified atom stereocenters. The van der Waals surface area contributed by atoms with Crippen molar-refractivity contribution in [2.75, 3.05) is 0 Å². The normalized spacial score (nSPS) is 16.4. The van der Waals surface area contributed by atoms with Gasteiger partial charge in [-0.3, -0.25) is 0 Å². The minimum absolute atomic E-state index is 0.0336. The summed E-state index contributed by atoms with van der Waals surface area (Å²) in [6, 6.07) is 0. The third-order valence-electron chi connectivity index (χ3n) is 12.1. The van der Waals surface area contributed by atoms with Crippen molar-refractivity contribution < 1.29 is 30.6 Å². The first kappa shape index (κ1) is 53.2. The van der Waals surface area contributed by atoms with Crippen LogP contribution in [-0.4, -0.2) is 66.3 Å². The minimum Gasteiger partial charge on any atom is -0.390 e. The van der Waals surface area contributed by atoms with Gasteiger partial charge in [0.25, 0.3) is 0 Å². The van der Waals surface area contributed by atoms with Gasteiger partial charge in [-0.1, -0.05) is 231 Å². The quantitative estimate of drug-likeness (QED) is 0.0271. The first-order valence-corrected chi connectivity index (χ1v) is 23.5. The molecule has 0 aliphatic rings. The zero-order chi connectivity index (χ0) is 40.2. The summed E-state index contributed by atoms with van der Waals surface area (Å²) < 4.78 is 0. The fourth-order valence-electron chi connectivity index (χ4n) is 8.21. The second-order valence-corrected chi connectivity index (χ2v) is 17.1. The van der Waals surface area contributed by atoms with Crippen LogP contribution in [0.25, 0.3) is 0 Å². The maximum absolute atomic E-state index is 11.7. The van der Waals surface area contributed by atoms with E-state index >= 15 is 0 Å². The molecule has 0 amide bonds. The van der Waals surface area contributed by atoms with Gasteiger partial charge in [0.1, 0.15) is 23.4 Å². The lowest BCUT2D eigenvalue weighted by molar-refractivity contribution is -0.236. The maximum Gasteiger partial charge on any atom is 0.119 e. The average molecular weight is 767 g/mol. The molecule has 0 saturated heterocycles. The number of aliphatic hydroxyl groups excluding tert-OH is 4. The fraction of sp³-hybridized carbons (Fsp3) is 0.917. The van der Waals surface area contributed by atoms with Crippen molar-refractivity contribution in [3.05, 3.63) is 25.3 Å². The second-order valence-electron chi connectivity index (χ2n) is 17.1. The molecule has 0 aromatic heterocycles. The van der Waals surface area contributed by atoms with Crippen LogP contribution in [0.2, 0.25) is 0 Å². The Bertz CT molecular complexity index is 755. The predicted octanol–water partition coefficient (Wildman–Crippen LogP) is 12.3. The molecule has 6 heteroatoms. The van der Waals surface area contributed by atoms with E-state index in [1.54, 1.807) is 0 Å². The third kappa shape index (κ3) is 25.5. The minimum atomic E-state index is -2.06. The molecule has 54 heavy (non-hydrogen) atoms. The van der Waals surface area contributed by atoms with Gasteiger partial charge in [-0.15, -0.1) is 13.2 Å². The lowest BCUT2D eigenvalue weighted by atomic mass is 9.73. The molecule has 6 atom stereocenters. The monoisotopic (exact) mass is 767 g/mol. The molecule has 0 fully saturated rings. The largest absolute Gasteiger partial charge is 0.390 e. The van der Waals surface area contributed by atoms with Crippen molar-refractivity contribution in [2.24, 2.45) is 0 Å². The van der Waals surface area contributed by atoms with Crippen molar-refractivity contribution in [1.82, 2.24) is 0 Å². The maximum atomic E-state index is 11.7.